The Kier molecular flexibility index (Phi) is 5.90. The standard InChI is InChI=1S/C27H33N5O2/c1-18(2)13-14-30-24-12-9-19(16-29(3)4)15-22(24)28-25(30)17-31-23-8-6-5-7-21(23)26(33)32(27(31)34)20-10-11-20/h5-9,12,15,18,20H,10-11,13-14,16-17H2,1-4H3. The molecule has 0 N–H and O–H groups in total. The number of nitrogens with zero attached hydrogens (tertiary/aromatic N) is 5. The Morgan fingerprint density at radius 1 is 1.03 bits per heavy atom. The third kappa shape index (κ3) is 4.20. The van der Waals surface area contributed by atoms with Gasteiger partial charge in [-0.3, -0.25) is 13.9 Å². The number of rotatable bonds is 8. The summed E-state index contributed by atoms with van der Waals surface area (Å²) in [6.07, 6.45) is 2.79. The van der Waals surface area contributed by atoms with Gasteiger partial charge in [-0.25, -0.2) is 9.78 Å². The summed E-state index contributed by atoms with van der Waals surface area (Å²) in [5.74, 6) is 1.41. The Morgan fingerprint density at radius 3 is 2.50 bits per heavy atom. The SMILES string of the molecule is CC(C)CCn1c(Cn2c(=O)n(C3CC3)c(=O)c3ccccc32)nc2cc(CN(C)C)ccc21. The Balaban J connectivity index is 1.67. The van der Waals surface area contributed by atoms with Gasteiger partial charge in [-0.15, -0.1) is 0 Å². The van der Waals surface area contributed by atoms with E-state index in [1.54, 1.807) is 4.57 Å². The normalized spacial score (nSPS) is 14.2. The third-order valence-electron chi connectivity index (χ3n) is 6.61. The van der Waals surface area contributed by atoms with Gasteiger partial charge in [0.2, 0.25) is 0 Å². The zero-order valence-corrected chi connectivity index (χ0v) is 20.5. The molecule has 1 aliphatic carbocycles. The van der Waals surface area contributed by atoms with Gasteiger partial charge in [0, 0.05) is 19.1 Å². The molecule has 4 aromatic rings. The van der Waals surface area contributed by atoms with E-state index in [-0.39, 0.29) is 17.3 Å². The molecule has 7 nitrogen and oxygen atoms in total. The summed E-state index contributed by atoms with van der Waals surface area (Å²) in [6, 6.07) is 13.9. The molecule has 0 radical (unpaired) electrons. The molecule has 1 aliphatic rings. The highest BCUT2D eigenvalue weighted by Crippen LogP contribution is 2.32. The topological polar surface area (TPSA) is 65.1 Å². The maximum atomic E-state index is 13.5. The van der Waals surface area contributed by atoms with Gasteiger partial charge in [-0.05, 0) is 69.1 Å². The second kappa shape index (κ2) is 8.87. The van der Waals surface area contributed by atoms with Crippen LogP contribution in [-0.2, 0) is 19.6 Å². The van der Waals surface area contributed by atoms with Crippen molar-refractivity contribution in [2.75, 3.05) is 14.1 Å². The molecule has 5 rings (SSSR count). The molecule has 0 bridgehead atoms. The molecule has 34 heavy (non-hydrogen) atoms. The monoisotopic (exact) mass is 459 g/mol. The van der Waals surface area contributed by atoms with Crippen molar-refractivity contribution in [1.82, 2.24) is 23.6 Å². The maximum Gasteiger partial charge on any atom is 0.332 e. The van der Waals surface area contributed by atoms with E-state index < -0.39 is 0 Å². The molecule has 7 heteroatoms. The first kappa shape index (κ1) is 22.6. The van der Waals surface area contributed by atoms with Gasteiger partial charge >= 0.3 is 5.69 Å². The van der Waals surface area contributed by atoms with E-state index in [0.29, 0.717) is 23.4 Å². The molecule has 0 atom stereocenters. The predicted octanol–water partition coefficient (Wildman–Crippen LogP) is 4.00. The zero-order chi connectivity index (χ0) is 24.0. The molecule has 2 heterocycles. The van der Waals surface area contributed by atoms with E-state index in [1.807, 2.05) is 24.3 Å². The lowest BCUT2D eigenvalue weighted by Crippen LogP contribution is -2.40. The number of benzene rings is 2. The molecule has 2 aromatic carbocycles. The molecule has 0 saturated heterocycles. The Bertz CT molecular complexity index is 1470. The Hall–Kier alpha value is -3.19. The lowest BCUT2D eigenvalue weighted by atomic mass is 10.1. The highest BCUT2D eigenvalue weighted by Gasteiger charge is 2.29. The first-order valence-corrected chi connectivity index (χ1v) is 12.2. The van der Waals surface area contributed by atoms with E-state index in [9.17, 15) is 9.59 Å². The van der Waals surface area contributed by atoms with Gasteiger partial charge in [0.25, 0.3) is 5.56 Å². The Morgan fingerprint density at radius 2 is 1.79 bits per heavy atom. The number of aromatic nitrogens is 4. The van der Waals surface area contributed by atoms with Gasteiger partial charge in [0.15, 0.2) is 0 Å². The van der Waals surface area contributed by atoms with Gasteiger partial charge in [0.1, 0.15) is 5.82 Å². The van der Waals surface area contributed by atoms with Crippen LogP contribution in [0.2, 0.25) is 0 Å². The van der Waals surface area contributed by atoms with E-state index in [1.165, 1.54) is 10.1 Å². The average molecular weight is 460 g/mol. The van der Waals surface area contributed by atoms with Gasteiger partial charge in [0.05, 0.1) is 28.5 Å². The summed E-state index contributed by atoms with van der Waals surface area (Å²) >= 11 is 0. The summed E-state index contributed by atoms with van der Waals surface area (Å²) < 4.78 is 5.45. The molecule has 178 valence electrons. The van der Waals surface area contributed by atoms with Crippen molar-refractivity contribution < 1.29 is 0 Å². The van der Waals surface area contributed by atoms with Crippen LogP contribution in [0, 0.1) is 5.92 Å². The highest BCUT2D eigenvalue weighted by atomic mass is 16.2. The van der Waals surface area contributed by atoms with Crippen LogP contribution < -0.4 is 11.2 Å². The number of hydrogen-bond donors (Lipinski definition) is 0. The van der Waals surface area contributed by atoms with E-state index >= 15 is 0 Å². The number of hydrogen-bond acceptors (Lipinski definition) is 4. The van der Waals surface area contributed by atoms with Gasteiger partial charge in [-0.1, -0.05) is 32.0 Å². The summed E-state index contributed by atoms with van der Waals surface area (Å²) in [6.45, 7) is 6.46. The largest absolute Gasteiger partial charge is 0.332 e. The highest BCUT2D eigenvalue weighted by molar-refractivity contribution is 5.79. The fourth-order valence-electron chi connectivity index (χ4n) is 4.73. The van der Waals surface area contributed by atoms with Crippen molar-refractivity contribution in [2.45, 2.75) is 58.8 Å². The third-order valence-corrected chi connectivity index (χ3v) is 6.61. The van der Waals surface area contributed by atoms with Crippen molar-refractivity contribution in [3.63, 3.8) is 0 Å². The van der Waals surface area contributed by atoms with Crippen LogP contribution in [0.5, 0.6) is 0 Å². The average Bonchev–Trinajstić information content (AvgIpc) is 3.56. The molecule has 0 amide bonds. The number of imidazole rings is 1. The van der Waals surface area contributed by atoms with Crippen LogP contribution in [0.15, 0.2) is 52.1 Å². The summed E-state index contributed by atoms with van der Waals surface area (Å²) in [5.41, 5.74) is 3.51. The van der Waals surface area contributed by atoms with E-state index in [0.717, 1.165) is 49.2 Å². The van der Waals surface area contributed by atoms with Gasteiger partial charge in [-0.2, -0.15) is 0 Å². The maximum absolute atomic E-state index is 13.5. The smallest absolute Gasteiger partial charge is 0.326 e. The number of fused-ring (bicyclic) bond motifs is 2. The minimum absolute atomic E-state index is 0.0178. The molecular formula is C27H33N5O2. The minimum Gasteiger partial charge on any atom is -0.326 e. The Labute approximate surface area is 199 Å². The summed E-state index contributed by atoms with van der Waals surface area (Å²) in [7, 11) is 4.12. The van der Waals surface area contributed by atoms with Crippen LogP contribution in [0.4, 0.5) is 0 Å². The number of aryl methyl sites for hydroxylation is 1. The van der Waals surface area contributed by atoms with Crippen molar-refractivity contribution in [3.05, 3.63) is 74.7 Å². The van der Waals surface area contributed by atoms with Crippen molar-refractivity contribution in [2.24, 2.45) is 5.92 Å². The zero-order valence-electron chi connectivity index (χ0n) is 20.5. The molecule has 0 unspecified atom stereocenters. The van der Waals surface area contributed by atoms with Crippen molar-refractivity contribution >= 4 is 21.9 Å². The fraction of sp³-hybridized carbons (Fsp3) is 0.444. The molecule has 0 spiro atoms. The summed E-state index contributed by atoms with van der Waals surface area (Å²) in [5, 5.41) is 0.590. The van der Waals surface area contributed by atoms with E-state index in [2.05, 4.69) is 55.6 Å². The van der Waals surface area contributed by atoms with Gasteiger partial charge < -0.3 is 9.47 Å². The first-order valence-electron chi connectivity index (χ1n) is 12.2. The summed E-state index contributed by atoms with van der Waals surface area (Å²) in [4.78, 5) is 33.8. The minimum atomic E-state index is -0.234. The van der Waals surface area contributed by atoms with Crippen LogP contribution >= 0.6 is 0 Å². The quantitative estimate of drug-likeness (QED) is 0.399. The predicted molar refractivity (Wildman–Crippen MR) is 136 cm³/mol. The van der Waals surface area contributed by atoms with Crippen LogP contribution in [-0.4, -0.2) is 37.7 Å². The van der Waals surface area contributed by atoms with Crippen LogP contribution in [0.3, 0.4) is 0 Å². The second-order valence-corrected chi connectivity index (χ2v) is 10.2. The molecule has 0 aliphatic heterocycles. The van der Waals surface area contributed by atoms with Crippen molar-refractivity contribution in [3.8, 4) is 0 Å². The second-order valence-electron chi connectivity index (χ2n) is 10.2. The van der Waals surface area contributed by atoms with Crippen LogP contribution in [0.25, 0.3) is 21.9 Å². The van der Waals surface area contributed by atoms with E-state index in [4.69, 9.17) is 4.98 Å². The fourth-order valence-corrected chi connectivity index (χ4v) is 4.73. The molecule has 1 saturated carbocycles. The lowest BCUT2D eigenvalue weighted by molar-refractivity contribution is 0.402. The van der Waals surface area contributed by atoms with Crippen LogP contribution in [0.1, 0.15) is 50.5 Å². The molecule has 2 aromatic heterocycles. The molecule has 1 fully saturated rings. The first-order chi connectivity index (χ1) is 16.3. The number of para-hydroxylation sites is 1. The van der Waals surface area contributed by atoms with Crippen molar-refractivity contribution in [1.29, 1.82) is 0 Å². The lowest BCUT2D eigenvalue weighted by Gasteiger charge is -2.15. The molecular weight excluding hydrogens is 426 g/mol.